The second-order valence-corrected chi connectivity index (χ2v) is 9.28. The van der Waals surface area contributed by atoms with Crippen LogP contribution in [0.1, 0.15) is 27.2 Å². The van der Waals surface area contributed by atoms with Crippen LogP contribution in [0.3, 0.4) is 0 Å². The first-order chi connectivity index (χ1) is 12.7. The van der Waals surface area contributed by atoms with Gasteiger partial charge in [0.1, 0.15) is 0 Å². The van der Waals surface area contributed by atoms with E-state index in [4.69, 9.17) is 71.6 Å². The van der Waals surface area contributed by atoms with Crippen molar-refractivity contribution in [2.75, 3.05) is 26.4 Å². The van der Waals surface area contributed by atoms with Crippen LogP contribution in [-0.2, 0) is 44.5 Å². The summed E-state index contributed by atoms with van der Waals surface area (Å²) in [6.45, 7) is 8.44. The minimum absolute atomic E-state index is 0. The Kier molecular flexibility index (Phi) is 34.9. The maximum Gasteiger partial charge on any atom is 3.00 e. The van der Waals surface area contributed by atoms with E-state index in [0.717, 1.165) is 12.5 Å². The Bertz CT molecular complexity index is 576. The number of hydrogen-bond acceptors (Lipinski definition) is 16. The Hall–Kier alpha value is 0.732. The molecule has 0 aromatic carbocycles. The van der Waals surface area contributed by atoms with Crippen LogP contribution in [0.5, 0.6) is 0 Å². The average Bonchev–Trinajstić information content (AvgIpc) is 2.40. The molecule has 2 N–H and O–H groups in total. The summed E-state index contributed by atoms with van der Waals surface area (Å²) in [6.07, 6.45) is 0.895. The van der Waals surface area contributed by atoms with Gasteiger partial charge in [-0.15, -0.1) is 0 Å². The molecule has 0 amide bonds. The van der Waals surface area contributed by atoms with Gasteiger partial charge in [0.2, 0.25) is 0 Å². The summed E-state index contributed by atoms with van der Waals surface area (Å²) < 4.78 is 119. The van der Waals surface area contributed by atoms with Gasteiger partial charge in [-0.3, -0.25) is 25.3 Å². The quantitative estimate of drug-likeness (QED) is 0.162. The summed E-state index contributed by atoms with van der Waals surface area (Å²) in [6, 6.07) is 0.818. The third-order valence-corrected chi connectivity index (χ3v) is 4.93. The van der Waals surface area contributed by atoms with E-state index in [1.54, 1.807) is 0 Å². The molecule has 0 bridgehead atoms. The summed E-state index contributed by atoms with van der Waals surface area (Å²) in [4.78, 5) is 0. The maximum absolute atomic E-state index is 8.52. The van der Waals surface area contributed by atoms with E-state index in [9.17, 15) is 0 Å². The van der Waals surface area contributed by atoms with Gasteiger partial charge in [0.25, 0.3) is 0 Å². The van der Waals surface area contributed by atoms with Crippen LogP contribution in [-0.4, -0.2) is 122 Å². The average molecular weight is 564 g/mol. The number of nitrogens with two attached hydrogens (primary N) is 1. The molecule has 22 heteroatoms. The standard InChI is InChI=1S/C9H23NO3Si.2Al.3H2O4S/c1-4-11-14(12-5-2,13-6-3)9-7-8-10;;;3*1-5(2,3)4/h4-10H2,1-3H3;;;3*(H2,1,2,3,4)/q;2*+3;;;/p-6. The molecule has 0 saturated heterocycles. The van der Waals surface area contributed by atoms with Crippen molar-refractivity contribution in [2.24, 2.45) is 5.73 Å². The molecule has 0 unspecified atom stereocenters. The molecule has 0 aliphatic carbocycles. The van der Waals surface area contributed by atoms with E-state index in [0.29, 0.717) is 26.4 Å². The van der Waals surface area contributed by atoms with Crippen molar-refractivity contribution in [3.8, 4) is 0 Å². The molecule has 0 aromatic rings. The van der Waals surface area contributed by atoms with Crippen LogP contribution in [0.2, 0.25) is 6.04 Å². The minimum atomic E-state index is -5.17. The fourth-order valence-corrected chi connectivity index (χ4v) is 3.96. The molecule has 0 radical (unpaired) electrons. The van der Waals surface area contributed by atoms with Crippen molar-refractivity contribution in [3.05, 3.63) is 0 Å². The Labute approximate surface area is 205 Å². The fourth-order valence-electron chi connectivity index (χ4n) is 1.32. The molecular formula is C9H23Al2NO15S3Si. The summed E-state index contributed by atoms with van der Waals surface area (Å²) in [5, 5.41) is 0. The first-order valence-corrected chi connectivity index (χ1v) is 13.3. The Morgan fingerprint density at radius 1 is 0.645 bits per heavy atom. The van der Waals surface area contributed by atoms with Crippen molar-refractivity contribution >= 4 is 74.7 Å². The van der Waals surface area contributed by atoms with Gasteiger partial charge in [-0.1, -0.05) is 0 Å². The van der Waals surface area contributed by atoms with Crippen LogP contribution in [0.4, 0.5) is 0 Å². The number of rotatable bonds is 9. The zero-order valence-corrected chi connectivity index (χ0v) is 22.6. The van der Waals surface area contributed by atoms with E-state index >= 15 is 0 Å². The van der Waals surface area contributed by atoms with Crippen LogP contribution >= 0.6 is 0 Å². The molecule has 0 spiro atoms. The van der Waals surface area contributed by atoms with E-state index in [1.165, 1.54) is 0 Å². The van der Waals surface area contributed by atoms with Crippen LogP contribution in [0.15, 0.2) is 0 Å². The van der Waals surface area contributed by atoms with E-state index in [2.05, 4.69) is 0 Å². The predicted octanol–water partition coefficient (Wildman–Crippen LogP) is -3.39. The normalized spacial score (nSPS) is 11.0. The molecule has 0 aliphatic heterocycles. The predicted molar refractivity (Wildman–Crippen MR) is 102 cm³/mol. The first-order valence-electron chi connectivity index (χ1n) is 7.36. The van der Waals surface area contributed by atoms with E-state index < -0.39 is 40.0 Å². The summed E-state index contributed by atoms with van der Waals surface area (Å²) >= 11 is 0. The Balaban J connectivity index is -0.0000000766. The molecule has 16 nitrogen and oxygen atoms in total. The molecule has 0 aromatic heterocycles. The largest absolute Gasteiger partial charge is 3.00 e. The molecular weight excluding hydrogens is 540 g/mol. The van der Waals surface area contributed by atoms with Gasteiger partial charge >= 0.3 is 43.5 Å². The van der Waals surface area contributed by atoms with Crippen molar-refractivity contribution in [1.82, 2.24) is 0 Å². The first kappa shape index (κ1) is 45.3. The van der Waals surface area contributed by atoms with Crippen LogP contribution in [0, 0.1) is 0 Å². The second kappa shape index (κ2) is 23.9. The van der Waals surface area contributed by atoms with Gasteiger partial charge in [0, 0.05) is 57.1 Å². The third kappa shape index (κ3) is 80.7. The zero-order chi connectivity index (χ0) is 24.4. The van der Waals surface area contributed by atoms with Crippen molar-refractivity contribution in [2.45, 2.75) is 33.2 Å². The van der Waals surface area contributed by atoms with Gasteiger partial charge in [-0.25, -0.2) is 0 Å². The van der Waals surface area contributed by atoms with Gasteiger partial charge in [0.05, 0.1) is 0 Å². The van der Waals surface area contributed by atoms with E-state index in [-0.39, 0.29) is 34.7 Å². The summed E-state index contributed by atoms with van der Waals surface area (Å²) in [5.74, 6) is 0. The van der Waals surface area contributed by atoms with Gasteiger partial charge < -0.3 is 46.3 Å². The summed E-state index contributed by atoms with van der Waals surface area (Å²) in [7, 11) is -17.9. The molecule has 0 aliphatic rings. The van der Waals surface area contributed by atoms with Crippen LogP contribution in [0.25, 0.3) is 0 Å². The number of hydrogen-bond donors (Lipinski definition) is 1. The topological polar surface area (TPSA) is 294 Å². The maximum atomic E-state index is 8.52. The third-order valence-electron chi connectivity index (χ3n) is 1.78. The minimum Gasteiger partial charge on any atom is -0.759 e. The van der Waals surface area contributed by atoms with Gasteiger partial charge in [0.15, 0.2) is 0 Å². The molecule has 0 heterocycles. The molecule has 0 fully saturated rings. The molecule has 0 rings (SSSR count). The van der Waals surface area contributed by atoms with Crippen molar-refractivity contribution in [3.63, 3.8) is 0 Å². The Morgan fingerprint density at radius 2 is 0.839 bits per heavy atom. The van der Waals surface area contributed by atoms with Gasteiger partial charge in [-0.2, -0.15) is 0 Å². The van der Waals surface area contributed by atoms with Crippen molar-refractivity contribution in [1.29, 1.82) is 0 Å². The van der Waals surface area contributed by atoms with E-state index in [1.807, 2.05) is 20.8 Å². The molecule has 31 heavy (non-hydrogen) atoms. The monoisotopic (exact) mass is 563 g/mol. The van der Waals surface area contributed by atoms with Crippen LogP contribution < -0.4 is 5.73 Å². The second-order valence-electron chi connectivity index (χ2n) is 4.10. The Morgan fingerprint density at radius 3 is 0.968 bits per heavy atom. The SMILES string of the molecule is CCO[Si](CCCN)(OCC)OCC.O=S(=O)([O-])[O-].O=S(=O)([O-])[O-].O=S(=O)([O-])[O-].[Al+3].[Al+3]. The fraction of sp³-hybridized carbons (Fsp3) is 1.00. The molecule has 0 saturated carbocycles. The van der Waals surface area contributed by atoms with Gasteiger partial charge in [-0.05, 0) is 33.7 Å². The molecule has 182 valence electrons. The zero-order valence-electron chi connectivity index (χ0n) is 16.8. The van der Waals surface area contributed by atoms with Crippen molar-refractivity contribution < 1.29 is 65.8 Å². The molecule has 0 atom stereocenters. The summed E-state index contributed by atoms with van der Waals surface area (Å²) in [5.41, 5.74) is 5.48. The smallest absolute Gasteiger partial charge is 0.759 e.